The van der Waals surface area contributed by atoms with E-state index in [2.05, 4.69) is 30.7 Å². The number of hydrogen-bond acceptors (Lipinski definition) is 3. The van der Waals surface area contributed by atoms with E-state index in [4.69, 9.17) is 0 Å². The third-order valence-electron chi connectivity index (χ3n) is 4.46. The number of aryl methyl sites for hydroxylation is 1. The van der Waals surface area contributed by atoms with E-state index in [1.165, 1.54) is 5.56 Å². The number of nitrogens with zero attached hydrogens (tertiary/aromatic N) is 2. The maximum atomic E-state index is 12.2. The van der Waals surface area contributed by atoms with Crippen LogP contribution in [-0.2, 0) is 0 Å². The molecule has 3 heteroatoms. The molecule has 0 radical (unpaired) electrons. The van der Waals surface area contributed by atoms with Gasteiger partial charge in [0.1, 0.15) is 0 Å². The molecule has 0 aliphatic carbocycles. The zero-order valence-electron chi connectivity index (χ0n) is 13.1. The molecule has 0 aromatic heterocycles. The van der Waals surface area contributed by atoms with Crippen molar-refractivity contribution in [3.05, 3.63) is 35.4 Å². The van der Waals surface area contributed by atoms with Gasteiger partial charge in [-0.25, -0.2) is 0 Å². The molecule has 1 heterocycles. The normalized spacial score (nSPS) is 24.8. The molecule has 1 aliphatic heterocycles. The highest BCUT2D eigenvalue weighted by atomic mass is 16.1. The van der Waals surface area contributed by atoms with E-state index in [1.807, 2.05) is 31.2 Å². The molecule has 0 bridgehead atoms. The first-order valence-corrected chi connectivity index (χ1v) is 7.51. The van der Waals surface area contributed by atoms with Crippen LogP contribution in [0.25, 0.3) is 0 Å². The lowest BCUT2D eigenvalue weighted by Crippen LogP contribution is -2.55. The smallest absolute Gasteiger partial charge is 0.164 e. The summed E-state index contributed by atoms with van der Waals surface area (Å²) in [7, 11) is 2.18. The van der Waals surface area contributed by atoms with Gasteiger partial charge >= 0.3 is 0 Å². The lowest BCUT2D eigenvalue weighted by atomic mass is 10.0. The molecule has 110 valence electrons. The summed E-state index contributed by atoms with van der Waals surface area (Å²) in [4.78, 5) is 17.0. The van der Waals surface area contributed by atoms with E-state index in [0.29, 0.717) is 18.5 Å². The molecule has 2 atom stereocenters. The molecular weight excluding hydrogens is 248 g/mol. The van der Waals surface area contributed by atoms with Gasteiger partial charge in [0.05, 0.1) is 0 Å². The van der Waals surface area contributed by atoms with Gasteiger partial charge in [0.2, 0.25) is 0 Å². The number of ketones is 1. The highest BCUT2D eigenvalue weighted by Crippen LogP contribution is 2.14. The predicted molar refractivity (Wildman–Crippen MR) is 83.3 cm³/mol. The Morgan fingerprint density at radius 1 is 1.15 bits per heavy atom. The van der Waals surface area contributed by atoms with Crippen molar-refractivity contribution in [2.45, 2.75) is 39.3 Å². The molecule has 1 saturated heterocycles. The average molecular weight is 274 g/mol. The first-order chi connectivity index (χ1) is 9.47. The molecular formula is C17H26N2O. The summed E-state index contributed by atoms with van der Waals surface area (Å²) in [6.45, 7) is 9.54. The topological polar surface area (TPSA) is 23.6 Å². The Hall–Kier alpha value is -1.19. The fourth-order valence-electron chi connectivity index (χ4n) is 2.84. The molecule has 2 rings (SSSR count). The predicted octanol–water partition coefficient (Wildman–Crippen LogP) is 2.59. The molecule has 0 amide bonds. The van der Waals surface area contributed by atoms with Crippen LogP contribution in [0.15, 0.2) is 24.3 Å². The minimum Gasteiger partial charge on any atom is -0.300 e. The average Bonchev–Trinajstić information content (AvgIpc) is 2.42. The summed E-state index contributed by atoms with van der Waals surface area (Å²) < 4.78 is 0. The molecule has 1 aromatic rings. The van der Waals surface area contributed by atoms with Crippen molar-refractivity contribution < 1.29 is 4.79 Å². The van der Waals surface area contributed by atoms with E-state index in [-0.39, 0.29) is 5.78 Å². The van der Waals surface area contributed by atoms with Crippen molar-refractivity contribution in [3.8, 4) is 0 Å². The maximum absolute atomic E-state index is 12.2. The van der Waals surface area contributed by atoms with Gasteiger partial charge in [-0.15, -0.1) is 0 Å². The fourth-order valence-corrected chi connectivity index (χ4v) is 2.84. The second-order valence-corrected chi connectivity index (χ2v) is 6.16. The van der Waals surface area contributed by atoms with E-state index in [0.717, 1.165) is 25.2 Å². The minimum atomic E-state index is 0.254. The highest BCUT2D eigenvalue weighted by Gasteiger charge is 2.26. The van der Waals surface area contributed by atoms with Crippen LogP contribution >= 0.6 is 0 Å². The van der Waals surface area contributed by atoms with Crippen LogP contribution in [0.4, 0.5) is 0 Å². The number of benzene rings is 1. The van der Waals surface area contributed by atoms with Crippen molar-refractivity contribution in [2.75, 3.05) is 26.7 Å². The van der Waals surface area contributed by atoms with E-state index < -0.39 is 0 Å². The Morgan fingerprint density at radius 3 is 2.25 bits per heavy atom. The second kappa shape index (κ2) is 6.51. The van der Waals surface area contributed by atoms with Gasteiger partial charge in [0.25, 0.3) is 0 Å². The van der Waals surface area contributed by atoms with Gasteiger partial charge in [-0.1, -0.05) is 29.8 Å². The number of carbonyl (C=O) groups excluding carboxylic acids is 1. The summed E-state index contributed by atoms with van der Waals surface area (Å²) in [5, 5.41) is 0. The van der Waals surface area contributed by atoms with Crippen molar-refractivity contribution in [2.24, 2.45) is 0 Å². The number of likely N-dealkylation sites (N-methyl/N-ethyl adjacent to an activating group) is 1. The SMILES string of the molecule is Cc1ccc(C(=O)CCN2CC(C)N(C)C(C)C2)cc1. The lowest BCUT2D eigenvalue weighted by molar-refractivity contribution is 0.0575. The Kier molecular flexibility index (Phi) is 4.95. The molecule has 0 saturated carbocycles. The van der Waals surface area contributed by atoms with Crippen molar-refractivity contribution in [3.63, 3.8) is 0 Å². The van der Waals surface area contributed by atoms with Gasteiger partial charge in [-0.2, -0.15) is 0 Å². The summed E-state index contributed by atoms with van der Waals surface area (Å²) in [5.41, 5.74) is 2.04. The number of piperazine rings is 1. The van der Waals surface area contributed by atoms with Crippen molar-refractivity contribution >= 4 is 5.78 Å². The summed E-state index contributed by atoms with van der Waals surface area (Å²) in [5.74, 6) is 0.254. The Bertz CT molecular complexity index is 443. The van der Waals surface area contributed by atoms with Crippen LogP contribution < -0.4 is 0 Å². The van der Waals surface area contributed by atoms with Crippen LogP contribution in [0.1, 0.15) is 36.2 Å². The van der Waals surface area contributed by atoms with E-state index >= 15 is 0 Å². The van der Waals surface area contributed by atoms with Crippen molar-refractivity contribution in [1.82, 2.24) is 9.80 Å². The van der Waals surface area contributed by atoms with Gasteiger partial charge in [-0.3, -0.25) is 14.6 Å². The molecule has 0 spiro atoms. The van der Waals surface area contributed by atoms with Gasteiger partial charge in [0, 0.05) is 43.7 Å². The van der Waals surface area contributed by atoms with Gasteiger partial charge < -0.3 is 0 Å². The first-order valence-electron chi connectivity index (χ1n) is 7.51. The van der Waals surface area contributed by atoms with Gasteiger partial charge in [0.15, 0.2) is 5.78 Å². The van der Waals surface area contributed by atoms with Crippen LogP contribution in [-0.4, -0.2) is 54.3 Å². The minimum absolute atomic E-state index is 0.254. The molecule has 2 unspecified atom stereocenters. The molecule has 3 nitrogen and oxygen atoms in total. The number of Topliss-reactive ketones (excluding diaryl/α,β-unsaturated/α-hetero) is 1. The first kappa shape index (κ1) is 15.2. The van der Waals surface area contributed by atoms with Crippen LogP contribution in [0.2, 0.25) is 0 Å². The van der Waals surface area contributed by atoms with E-state index in [1.54, 1.807) is 0 Å². The zero-order chi connectivity index (χ0) is 14.7. The van der Waals surface area contributed by atoms with Gasteiger partial charge in [-0.05, 0) is 27.8 Å². The lowest BCUT2D eigenvalue weighted by Gasteiger charge is -2.42. The quantitative estimate of drug-likeness (QED) is 0.789. The third kappa shape index (κ3) is 3.68. The van der Waals surface area contributed by atoms with Crippen molar-refractivity contribution in [1.29, 1.82) is 0 Å². The Labute approximate surface area is 122 Å². The monoisotopic (exact) mass is 274 g/mol. The number of hydrogen-bond donors (Lipinski definition) is 0. The summed E-state index contributed by atoms with van der Waals surface area (Å²) in [6, 6.07) is 9.02. The molecule has 1 fully saturated rings. The molecule has 20 heavy (non-hydrogen) atoms. The number of rotatable bonds is 4. The zero-order valence-corrected chi connectivity index (χ0v) is 13.1. The standard InChI is InChI=1S/C17H26N2O/c1-13-5-7-16(8-6-13)17(20)9-10-19-11-14(2)18(4)15(3)12-19/h5-8,14-15H,9-12H2,1-4H3. The Balaban J connectivity index is 1.86. The van der Waals surface area contributed by atoms with Crippen LogP contribution in [0, 0.1) is 6.92 Å². The second-order valence-electron chi connectivity index (χ2n) is 6.16. The Morgan fingerprint density at radius 2 is 1.70 bits per heavy atom. The molecule has 1 aliphatic rings. The number of carbonyl (C=O) groups is 1. The maximum Gasteiger partial charge on any atom is 0.164 e. The summed E-state index contributed by atoms with van der Waals surface area (Å²) in [6.07, 6.45) is 0.617. The molecule has 0 N–H and O–H groups in total. The largest absolute Gasteiger partial charge is 0.300 e. The summed E-state index contributed by atoms with van der Waals surface area (Å²) >= 11 is 0. The molecule has 1 aromatic carbocycles. The third-order valence-corrected chi connectivity index (χ3v) is 4.46. The van der Waals surface area contributed by atoms with Crippen LogP contribution in [0.3, 0.4) is 0 Å². The van der Waals surface area contributed by atoms with E-state index in [9.17, 15) is 4.79 Å². The highest BCUT2D eigenvalue weighted by molar-refractivity contribution is 5.96. The fraction of sp³-hybridized carbons (Fsp3) is 0.588. The van der Waals surface area contributed by atoms with Crippen LogP contribution in [0.5, 0.6) is 0 Å².